The summed E-state index contributed by atoms with van der Waals surface area (Å²) in [6, 6.07) is 1.31. The van der Waals surface area contributed by atoms with E-state index in [2.05, 4.69) is 17.6 Å². The zero-order valence-corrected chi connectivity index (χ0v) is 24.4. The second kappa shape index (κ2) is 11.1. The van der Waals surface area contributed by atoms with Crippen LogP contribution in [-0.2, 0) is 9.59 Å². The lowest BCUT2D eigenvalue weighted by molar-refractivity contribution is -0.150. The lowest BCUT2D eigenvalue weighted by Gasteiger charge is -2.34. The Hall–Kier alpha value is -3.24. The van der Waals surface area contributed by atoms with Crippen LogP contribution in [0.4, 0.5) is 13.2 Å². The third-order valence-electron chi connectivity index (χ3n) is 10.4. The van der Waals surface area contributed by atoms with Crippen molar-refractivity contribution in [3.63, 3.8) is 0 Å². The van der Waals surface area contributed by atoms with E-state index in [0.29, 0.717) is 32.1 Å². The molecule has 3 N–H and O–H groups in total. The maximum absolute atomic E-state index is 15.0. The highest BCUT2D eigenvalue weighted by Crippen LogP contribution is 2.54. The van der Waals surface area contributed by atoms with Crippen molar-refractivity contribution in [3.05, 3.63) is 35.2 Å². The molecule has 2 bridgehead atoms. The summed E-state index contributed by atoms with van der Waals surface area (Å²) in [5, 5.41) is 15.4. The molecule has 0 unspecified atom stereocenters. The van der Waals surface area contributed by atoms with Crippen LogP contribution in [0.2, 0.25) is 0 Å². The molecule has 230 valence electrons. The number of aliphatic carboxylic acids is 1. The van der Waals surface area contributed by atoms with Crippen molar-refractivity contribution in [1.82, 2.24) is 10.6 Å². The normalized spacial score (nSPS) is 31.7. The molecular formula is C31H39F3N2O6. The third-order valence-corrected chi connectivity index (χ3v) is 10.4. The molecule has 0 aromatic heterocycles. The molecule has 4 aliphatic rings. The summed E-state index contributed by atoms with van der Waals surface area (Å²) >= 11 is 0. The second-order valence-electron chi connectivity index (χ2n) is 13.2. The van der Waals surface area contributed by atoms with Crippen molar-refractivity contribution in [1.29, 1.82) is 0 Å². The minimum absolute atomic E-state index is 0.0184. The Morgan fingerprint density at radius 1 is 1.07 bits per heavy atom. The molecule has 4 aliphatic carbocycles. The fourth-order valence-electron chi connectivity index (χ4n) is 7.01. The highest BCUT2D eigenvalue weighted by atomic mass is 19.3. The number of fused-ring (bicyclic) bond motifs is 2. The highest BCUT2D eigenvalue weighted by Gasteiger charge is 2.56. The molecule has 5 atom stereocenters. The van der Waals surface area contributed by atoms with Gasteiger partial charge in [0.25, 0.3) is 12.0 Å². The number of hydrogen-bond donors (Lipinski definition) is 3. The molecule has 11 heteroatoms. The van der Waals surface area contributed by atoms with E-state index < -0.39 is 53.2 Å². The van der Waals surface area contributed by atoms with Crippen LogP contribution in [0.1, 0.15) is 82.5 Å². The van der Waals surface area contributed by atoms with Crippen molar-refractivity contribution in [2.75, 3.05) is 7.11 Å². The van der Waals surface area contributed by atoms with Crippen LogP contribution in [0.5, 0.6) is 11.5 Å². The van der Waals surface area contributed by atoms with Crippen LogP contribution in [0, 0.1) is 34.4 Å². The average Bonchev–Trinajstić information content (AvgIpc) is 3.41. The van der Waals surface area contributed by atoms with Gasteiger partial charge in [-0.2, -0.15) is 8.78 Å². The van der Waals surface area contributed by atoms with Crippen molar-refractivity contribution in [2.24, 2.45) is 28.6 Å². The van der Waals surface area contributed by atoms with E-state index in [0.717, 1.165) is 18.9 Å². The number of rotatable bonds is 9. The van der Waals surface area contributed by atoms with Crippen LogP contribution in [0.25, 0.3) is 0 Å². The molecule has 4 fully saturated rings. The number of nitrogens with one attached hydrogen (secondary N) is 2. The Bertz CT molecular complexity index is 1300. The molecule has 1 aromatic carbocycles. The maximum Gasteiger partial charge on any atom is 0.309 e. The van der Waals surface area contributed by atoms with Crippen molar-refractivity contribution < 1.29 is 42.1 Å². The summed E-state index contributed by atoms with van der Waals surface area (Å²) in [6.45, 7) is 5.71. The summed E-state index contributed by atoms with van der Waals surface area (Å²) in [4.78, 5) is 38.7. The van der Waals surface area contributed by atoms with Gasteiger partial charge in [0, 0.05) is 29.6 Å². The van der Waals surface area contributed by atoms with Crippen LogP contribution in [0.15, 0.2) is 23.8 Å². The Labute approximate surface area is 243 Å². The van der Waals surface area contributed by atoms with Gasteiger partial charge >= 0.3 is 5.97 Å². The second-order valence-corrected chi connectivity index (χ2v) is 13.2. The van der Waals surface area contributed by atoms with Gasteiger partial charge in [-0.1, -0.05) is 6.92 Å². The number of carbonyl (C=O) groups is 3. The van der Waals surface area contributed by atoms with Gasteiger partial charge in [0.05, 0.1) is 30.1 Å². The average molecular weight is 593 g/mol. The Balaban J connectivity index is 1.36. The molecule has 0 saturated heterocycles. The predicted molar refractivity (Wildman–Crippen MR) is 147 cm³/mol. The van der Waals surface area contributed by atoms with Crippen LogP contribution in [-0.4, -0.2) is 48.2 Å². The van der Waals surface area contributed by atoms with Crippen LogP contribution < -0.4 is 20.1 Å². The van der Waals surface area contributed by atoms with Gasteiger partial charge in [-0.05, 0) is 82.6 Å². The van der Waals surface area contributed by atoms with E-state index in [-0.39, 0.29) is 52.3 Å². The molecule has 2 amide bonds. The first-order valence-electron chi connectivity index (χ1n) is 14.7. The lowest BCUT2D eigenvalue weighted by Crippen LogP contribution is -2.52. The highest BCUT2D eigenvalue weighted by molar-refractivity contribution is 5.98. The monoisotopic (exact) mass is 592 g/mol. The van der Waals surface area contributed by atoms with E-state index in [4.69, 9.17) is 9.47 Å². The number of amides is 2. The van der Waals surface area contributed by atoms with E-state index in [1.54, 1.807) is 6.92 Å². The minimum atomic E-state index is -1.78. The molecule has 1 aromatic rings. The minimum Gasteiger partial charge on any atom is -0.496 e. The molecule has 42 heavy (non-hydrogen) atoms. The van der Waals surface area contributed by atoms with E-state index >= 15 is 4.39 Å². The zero-order valence-electron chi connectivity index (χ0n) is 24.4. The number of hydrogen-bond acceptors (Lipinski definition) is 5. The van der Waals surface area contributed by atoms with Crippen LogP contribution >= 0.6 is 0 Å². The number of halogens is 3. The summed E-state index contributed by atoms with van der Waals surface area (Å²) in [6.07, 6.45) is 1.80. The van der Waals surface area contributed by atoms with Gasteiger partial charge in [-0.25, -0.2) is 4.39 Å². The summed E-state index contributed by atoms with van der Waals surface area (Å²) in [7, 11) is 1.28. The zero-order chi connectivity index (χ0) is 30.6. The molecule has 0 radical (unpaired) electrons. The summed E-state index contributed by atoms with van der Waals surface area (Å²) in [5.74, 6) is -4.51. The third kappa shape index (κ3) is 5.58. The smallest absolute Gasteiger partial charge is 0.309 e. The van der Waals surface area contributed by atoms with Gasteiger partial charge in [0.1, 0.15) is 5.75 Å². The molecule has 0 aliphatic heterocycles. The molecule has 5 rings (SSSR count). The van der Waals surface area contributed by atoms with Crippen molar-refractivity contribution in [2.45, 2.75) is 90.3 Å². The van der Waals surface area contributed by atoms with Gasteiger partial charge in [0.15, 0.2) is 11.6 Å². The van der Waals surface area contributed by atoms with Gasteiger partial charge in [-0.3, -0.25) is 14.4 Å². The number of ether oxygens (including phenoxy) is 2. The van der Waals surface area contributed by atoms with Crippen LogP contribution in [0.3, 0.4) is 0 Å². The van der Waals surface area contributed by atoms with Crippen molar-refractivity contribution in [3.8, 4) is 11.5 Å². The van der Waals surface area contributed by atoms with E-state index in [1.807, 2.05) is 6.92 Å². The molecule has 0 spiro atoms. The Morgan fingerprint density at radius 3 is 2.31 bits per heavy atom. The van der Waals surface area contributed by atoms with Gasteiger partial charge < -0.3 is 25.2 Å². The fourth-order valence-corrected chi connectivity index (χ4v) is 7.01. The SMILES string of the molecule is COc1cc(F)c(OC2CCC(C)(C(=O)O)CC2)cc1C(=O)N[C@H]1[C@@H](C(=O)N[C@H](C)C2(C)CC2)[C@@H]2CC(=C(F)F)[C@H]1C2. The van der Waals surface area contributed by atoms with Gasteiger partial charge in [-0.15, -0.1) is 0 Å². The standard InChI is InChI=1S/C31H39F3N2O6/c1-15(30(2)9-10-30)35-28(38)24-16-11-18(19(12-16)26(33)34)25(24)36-27(37)20-13-23(21(32)14-22(20)41-4)42-17-5-7-31(3,8-6-17)29(39)40/h13-18,24-25H,5-12H2,1-4H3,(H,35,38)(H,36,37)(H,39,40)/t15-,16+,17?,18-,24+,25-,31?/m1/s1. The molecule has 0 heterocycles. The van der Waals surface area contributed by atoms with E-state index in [9.17, 15) is 28.3 Å². The van der Waals surface area contributed by atoms with Gasteiger partial charge in [0.2, 0.25) is 5.91 Å². The first kappa shape index (κ1) is 30.2. The number of methoxy groups -OCH3 is 1. The number of benzene rings is 1. The summed E-state index contributed by atoms with van der Waals surface area (Å²) in [5.41, 5.74) is -0.928. The largest absolute Gasteiger partial charge is 0.496 e. The first-order valence-corrected chi connectivity index (χ1v) is 14.7. The predicted octanol–water partition coefficient (Wildman–Crippen LogP) is 5.46. The van der Waals surface area contributed by atoms with Crippen molar-refractivity contribution >= 4 is 17.8 Å². The quantitative estimate of drug-likeness (QED) is 0.351. The Morgan fingerprint density at radius 2 is 1.74 bits per heavy atom. The first-order chi connectivity index (χ1) is 19.8. The maximum atomic E-state index is 15.0. The molecular weight excluding hydrogens is 553 g/mol. The number of carbonyl (C=O) groups excluding carboxylic acids is 2. The lowest BCUT2D eigenvalue weighted by atomic mass is 9.75. The Kier molecular flexibility index (Phi) is 8.00. The number of carboxylic acid groups (broad SMARTS) is 1. The summed E-state index contributed by atoms with van der Waals surface area (Å²) < 4.78 is 53.8. The fraction of sp³-hybridized carbons (Fsp3) is 0.645. The number of carboxylic acids is 1. The molecule has 8 nitrogen and oxygen atoms in total. The topological polar surface area (TPSA) is 114 Å². The molecule has 4 saturated carbocycles. The van der Waals surface area contributed by atoms with E-state index in [1.165, 1.54) is 13.2 Å².